The van der Waals surface area contributed by atoms with Crippen molar-refractivity contribution in [2.45, 2.75) is 6.42 Å². The highest BCUT2D eigenvalue weighted by Gasteiger charge is 2.06. The summed E-state index contributed by atoms with van der Waals surface area (Å²) in [5.74, 6) is 0. The molecule has 98 valence electrons. The van der Waals surface area contributed by atoms with Crippen molar-refractivity contribution in [3.63, 3.8) is 0 Å². The molecule has 18 heavy (non-hydrogen) atoms. The lowest BCUT2D eigenvalue weighted by Gasteiger charge is -2.24. The molecule has 0 radical (unpaired) electrons. The molecule has 0 heterocycles. The minimum absolute atomic E-state index is 0.683. The Labute approximate surface area is 109 Å². The molecule has 0 fully saturated rings. The van der Waals surface area contributed by atoms with E-state index >= 15 is 0 Å². The number of hydrogen-bond acceptors (Lipinski definition) is 4. The summed E-state index contributed by atoms with van der Waals surface area (Å²) in [5.41, 5.74) is 1.80. The standard InChI is InChI=1S/C14H20N2O2/c1-17-10-3-8-16(9-11-18-2)14-6-4-13(12-15)5-7-14/h4-7H,3,8-11H2,1-2H3. The molecule has 0 aliphatic heterocycles. The monoisotopic (exact) mass is 248 g/mol. The average molecular weight is 248 g/mol. The molecule has 0 spiro atoms. The van der Waals surface area contributed by atoms with Crippen LogP contribution in [-0.2, 0) is 9.47 Å². The van der Waals surface area contributed by atoms with Gasteiger partial charge in [0, 0.05) is 39.6 Å². The van der Waals surface area contributed by atoms with Gasteiger partial charge in [-0.05, 0) is 30.7 Å². The first-order valence-corrected chi connectivity index (χ1v) is 6.04. The summed E-state index contributed by atoms with van der Waals surface area (Å²) in [5, 5.41) is 8.78. The topological polar surface area (TPSA) is 45.5 Å². The number of nitriles is 1. The number of anilines is 1. The zero-order chi connectivity index (χ0) is 13.2. The third-order valence-electron chi connectivity index (χ3n) is 2.70. The molecule has 0 bridgehead atoms. The maximum atomic E-state index is 8.78. The fourth-order valence-corrected chi connectivity index (χ4v) is 1.72. The van der Waals surface area contributed by atoms with Crippen LogP contribution in [0.3, 0.4) is 0 Å². The van der Waals surface area contributed by atoms with Crippen LogP contribution < -0.4 is 4.90 Å². The van der Waals surface area contributed by atoms with Gasteiger partial charge in [0.1, 0.15) is 0 Å². The van der Waals surface area contributed by atoms with Crippen LogP contribution in [0.15, 0.2) is 24.3 Å². The molecule has 1 aromatic rings. The van der Waals surface area contributed by atoms with Crippen LogP contribution in [0.2, 0.25) is 0 Å². The predicted octanol–water partition coefficient (Wildman–Crippen LogP) is 2.05. The second kappa shape index (κ2) is 8.51. The number of hydrogen-bond donors (Lipinski definition) is 0. The number of methoxy groups -OCH3 is 2. The number of rotatable bonds is 8. The summed E-state index contributed by atoms with van der Waals surface area (Å²) < 4.78 is 10.2. The molecule has 4 heteroatoms. The number of benzene rings is 1. The van der Waals surface area contributed by atoms with Crippen LogP contribution in [-0.4, -0.2) is 40.5 Å². The predicted molar refractivity (Wildman–Crippen MR) is 71.7 cm³/mol. The van der Waals surface area contributed by atoms with E-state index in [2.05, 4.69) is 11.0 Å². The van der Waals surface area contributed by atoms with Crippen molar-refractivity contribution in [3.05, 3.63) is 29.8 Å². The molecule has 0 amide bonds. The molecule has 0 aliphatic rings. The molecule has 0 saturated heterocycles. The van der Waals surface area contributed by atoms with Crippen LogP contribution in [0.25, 0.3) is 0 Å². The Kier molecular flexibility index (Phi) is 6.85. The van der Waals surface area contributed by atoms with E-state index in [1.807, 2.05) is 24.3 Å². The van der Waals surface area contributed by atoms with E-state index in [-0.39, 0.29) is 0 Å². The van der Waals surface area contributed by atoms with Crippen molar-refractivity contribution in [2.75, 3.05) is 45.4 Å². The second-order valence-corrected chi connectivity index (χ2v) is 3.98. The van der Waals surface area contributed by atoms with Gasteiger partial charge in [0.25, 0.3) is 0 Å². The lowest BCUT2D eigenvalue weighted by atomic mass is 10.2. The molecule has 0 saturated carbocycles. The highest BCUT2D eigenvalue weighted by molar-refractivity contribution is 5.49. The van der Waals surface area contributed by atoms with Crippen molar-refractivity contribution in [1.29, 1.82) is 5.26 Å². The van der Waals surface area contributed by atoms with E-state index in [9.17, 15) is 0 Å². The number of ether oxygens (including phenoxy) is 2. The first-order valence-electron chi connectivity index (χ1n) is 6.04. The highest BCUT2D eigenvalue weighted by Crippen LogP contribution is 2.15. The van der Waals surface area contributed by atoms with Gasteiger partial charge in [0.2, 0.25) is 0 Å². The smallest absolute Gasteiger partial charge is 0.0991 e. The summed E-state index contributed by atoms with van der Waals surface area (Å²) >= 11 is 0. The summed E-state index contributed by atoms with van der Waals surface area (Å²) in [6.45, 7) is 3.20. The van der Waals surface area contributed by atoms with Gasteiger partial charge in [-0.3, -0.25) is 0 Å². The molecule has 0 N–H and O–H groups in total. The summed E-state index contributed by atoms with van der Waals surface area (Å²) in [4.78, 5) is 2.24. The Bertz CT molecular complexity index is 370. The minimum Gasteiger partial charge on any atom is -0.385 e. The Morgan fingerprint density at radius 2 is 1.72 bits per heavy atom. The fraction of sp³-hybridized carbons (Fsp3) is 0.500. The Morgan fingerprint density at radius 1 is 1.06 bits per heavy atom. The van der Waals surface area contributed by atoms with Crippen molar-refractivity contribution in [1.82, 2.24) is 0 Å². The van der Waals surface area contributed by atoms with Gasteiger partial charge in [-0.1, -0.05) is 0 Å². The van der Waals surface area contributed by atoms with Gasteiger partial charge in [-0.25, -0.2) is 0 Å². The zero-order valence-corrected chi connectivity index (χ0v) is 11.1. The van der Waals surface area contributed by atoms with Gasteiger partial charge in [0.05, 0.1) is 18.2 Å². The van der Waals surface area contributed by atoms with Crippen LogP contribution in [0.1, 0.15) is 12.0 Å². The van der Waals surface area contributed by atoms with E-state index in [1.54, 1.807) is 14.2 Å². The first kappa shape index (κ1) is 14.5. The SMILES string of the molecule is COCCCN(CCOC)c1ccc(C#N)cc1. The van der Waals surface area contributed by atoms with Crippen molar-refractivity contribution >= 4 is 5.69 Å². The Balaban J connectivity index is 2.64. The Hall–Kier alpha value is -1.57. The molecule has 4 nitrogen and oxygen atoms in total. The number of nitrogens with zero attached hydrogens (tertiary/aromatic N) is 2. The third kappa shape index (κ3) is 4.74. The van der Waals surface area contributed by atoms with Gasteiger partial charge in [0.15, 0.2) is 0 Å². The van der Waals surface area contributed by atoms with Gasteiger partial charge in [-0.15, -0.1) is 0 Å². The van der Waals surface area contributed by atoms with Gasteiger partial charge in [-0.2, -0.15) is 5.26 Å². The molecule has 0 aromatic heterocycles. The molecule has 0 aliphatic carbocycles. The maximum absolute atomic E-state index is 8.78. The van der Waals surface area contributed by atoms with Crippen LogP contribution in [0.4, 0.5) is 5.69 Å². The molecule has 1 rings (SSSR count). The molecular formula is C14H20N2O2. The lowest BCUT2D eigenvalue weighted by molar-refractivity contribution is 0.191. The van der Waals surface area contributed by atoms with E-state index < -0.39 is 0 Å². The molecule has 0 atom stereocenters. The summed E-state index contributed by atoms with van der Waals surface area (Å²) in [6.07, 6.45) is 0.972. The van der Waals surface area contributed by atoms with Crippen LogP contribution >= 0.6 is 0 Å². The quantitative estimate of drug-likeness (QED) is 0.660. The van der Waals surface area contributed by atoms with Crippen molar-refractivity contribution in [3.8, 4) is 6.07 Å². The molecular weight excluding hydrogens is 228 g/mol. The molecule has 0 unspecified atom stereocenters. The van der Waals surface area contributed by atoms with Crippen LogP contribution in [0, 0.1) is 11.3 Å². The summed E-state index contributed by atoms with van der Waals surface area (Å²) in [7, 11) is 3.41. The Morgan fingerprint density at radius 3 is 2.28 bits per heavy atom. The van der Waals surface area contributed by atoms with Crippen molar-refractivity contribution < 1.29 is 9.47 Å². The highest BCUT2D eigenvalue weighted by atomic mass is 16.5. The zero-order valence-electron chi connectivity index (χ0n) is 11.1. The summed E-state index contributed by atoms with van der Waals surface area (Å²) in [6, 6.07) is 9.75. The maximum Gasteiger partial charge on any atom is 0.0991 e. The molecule has 1 aromatic carbocycles. The third-order valence-corrected chi connectivity index (χ3v) is 2.70. The van der Waals surface area contributed by atoms with Gasteiger partial charge < -0.3 is 14.4 Å². The first-order chi connectivity index (χ1) is 8.81. The van der Waals surface area contributed by atoms with E-state index in [4.69, 9.17) is 14.7 Å². The van der Waals surface area contributed by atoms with E-state index in [0.717, 1.165) is 31.8 Å². The average Bonchev–Trinajstić information content (AvgIpc) is 2.43. The minimum atomic E-state index is 0.683. The van der Waals surface area contributed by atoms with E-state index in [0.29, 0.717) is 12.2 Å². The van der Waals surface area contributed by atoms with Gasteiger partial charge >= 0.3 is 0 Å². The van der Waals surface area contributed by atoms with E-state index in [1.165, 1.54) is 0 Å². The van der Waals surface area contributed by atoms with Crippen molar-refractivity contribution in [2.24, 2.45) is 0 Å². The normalized spacial score (nSPS) is 10.1. The lowest BCUT2D eigenvalue weighted by Crippen LogP contribution is -2.28. The largest absolute Gasteiger partial charge is 0.385 e. The van der Waals surface area contributed by atoms with Crippen LogP contribution in [0.5, 0.6) is 0 Å². The second-order valence-electron chi connectivity index (χ2n) is 3.98. The fourth-order valence-electron chi connectivity index (χ4n) is 1.72.